The predicted octanol–water partition coefficient (Wildman–Crippen LogP) is 2.67. The second-order valence-corrected chi connectivity index (χ2v) is 5.32. The minimum atomic E-state index is 0.864. The molecule has 0 radical (unpaired) electrons. The Balaban J connectivity index is 2.04. The Hall–Kier alpha value is -1.16. The minimum Gasteiger partial charge on any atom is -0.341 e. The van der Waals surface area contributed by atoms with Crippen LogP contribution in [0.4, 0.5) is 5.95 Å². The zero-order valence-corrected chi connectivity index (χ0v) is 12.3. The van der Waals surface area contributed by atoms with E-state index in [1.165, 1.54) is 37.7 Å². The highest BCUT2D eigenvalue weighted by atomic mass is 15.2. The Bertz CT molecular complexity index is 384. The zero-order valence-electron chi connectivity index (χ0n) is 12.3. The molecule has 0 bridgehead atoms. The lowest BCUT2D eigenvalue weighted by molar-refractivity contribution is 0.549. The molecular formula is C15H26N4. The molecule has 0 aromatic carbocycles. The van der Waals surface area contributed by atoms with Crippen molar-refractivity contribution in [1.82, 2.24) is 15.3 Å². The van der Waals surface area contributed by atoms with Gasteiger partial charge in [-0.25, -0.2) is 9.97 Å². The van der Waals surface area contributed by atoms with E-state index in [1.807, 2.05) is 6.20 Å². The van der Waals surface area contributed by atoms with E-state index in [2.05, 4.69) is 29.0 Å². The molecule has 4 nitrogen and oxygen atoms in total. The maximum atomic E-state index is 4.70. The van der Waals surface area contributed by atoms with E-state index in [4.69, 9.17) is 4.98 Å². The molecule has 1 N–H and O–H groups in total. The van der Waals surface area contributed by atoms with Crippen molar-refractivity contribution >= 4 is 5.95 Å². The van der Waals surface area contributed by atoms with Gasteiger partial charge in [-0.3, -0.25) is 0 Å². The first-order valence-corrected chi connectivity index (χ1v) is 7.59. The van der Waals surface area contributed by atoms with Crippen LogP contribution < -0.4 is 10.2 Å². The van der Waals surface area contributed by atoms with Crippen LogP contribution >= 0.6 is 0 Å². The zero-order chi connectivity index (χ0) is 13.5. The van der Waals surface area contributed by atoms with Crippen LogP contribution in [-0.4, -0.2) is 29.6 Å². The smallest absolute Gasteiger partial charge is 0.225 e. The van der Waals surface area contributed by atoms with E-state index in [-0.39, 0.29) is 0 Å². The molecule has 0 spiro atoms. The number of nitrogens with one attached hydrogen (secondary N) is 1. The third kappa shape index (κ3) is 4.16. The van der Waals surface area contributed by atoms with Gasteiger partial charge in [0.1, 0.15) is 0 Å². The molecule has 0 saturated carbocycles. The number of hydrogen-bond donors (Lipinski definition) is 1. The summed E-state index contributed by atoms with van der Waals surface area (Å²) >= 11 is 0. The van der Waals surface area contributed by atoms with Gasteiger partial charge in [0, 0.05) is 37.1 Å². The quantitative estimate of drug-likeness (QED) is 0.905. The fraction of sp³-hybridized carbons (Fsp3) is 0.733. The van der Waals surface area contributed by atoms with E-state index in [1.54, 1.807) is 0 Å². The van der Waals surface area contributed by atoms with Crippen LogP contribution in [0, 0.1) is 6.92 Å². The standard InChI is InChI=1S/C15H26N4/c1-3-16-11-14-12-17-15(18-13(14)2)19-9-7-5-4-6-8-10-19/h12,16H,3-11H2,1-2H3. The van der Waals surface area contributed by atoms with Gasteiger partial charge in [0.05, 0.1) is 0 Å². The molecule has 1 fully saturated rings. The minimum absolute atomic E-state index is 0.864. The summed E-state index contributed by atoms with van der Waals surface area (Å²) in [6, 6.07) is 0. The number of rotatable bonds is 4. The molecule has 106 valence electrons. The van der Waals surface area contributed by atoms with Gasteiger partial charge in [-0.15, -0.1) is 0 Å². The van der Waals surface area contributed by atoms with Crippen LogP contribution in [0.2, 0.25) is 0 Å². The number of anilines is 1. The molecule has 0 atom stereocenters. The second-order valence-electron chi connectivity index (χ2n) is 5.32. The highest BCUT2D eigenvalue weighted by Crippen LogP contribution is 2.16. The molecule has 1 aliphatic rings. The molecule has 1 aromatic rings. The average Bonchev–Trinajstić information content (AvgIpc) is 2.37. The lowest BCUT2D eigenvalue weighted by atomic mass is 10.1. The number of aromatic nitrogens is 2. The van der Waals surface area contributed by atoms with Crippen molar-refractivity contribution in [1.29, 1.82) is 0 Å². The van der Waals surface area contributed by atoms with Crippen molar-refractivity contribution in [3.8, 4) is 0 Å². The predicted molar refractivity (Wildman–Crippen MR) is 79.4 cm³/mol. The Kier molecular flexibility index (Phi) is 5.58. The highest BCUT2D eigenvalue weighted by molar-refractivity contribution is 5.32. The van der Waals surface area contributed by atoms with Crippen LogP contribution in [0.3, 0.4) is 0 Å². The van der Waals surface area contributed by atoms with E-state index in [0.717, 1.165) is 37.8 Å². The van der Waals surface area contributed by atoms with Crippen LogP contribution in [0.5, 0.6) is 0 Å². The van der Waals surface area contributed by atoms with Gasteiger partial charge in [-0.1, -0.05) is 26.2 Å². The van der Waals surface area contributed by atoms with E-state index in [9.17, 15) is 0 Å². The molecule has 19 heavy (non-hydrogen) atoms. The first-order chi connectivity index (χ1) is 9.31. The summed E-state index contributed by atoms with van der Waals surface area (Å²) in [4.78, 5) is 11.6. The molecule has 4 heteroatoms. The molecule has 2 rings (SSSR count). The number of nitrogens with zero attached hydrogens (tertiary/aromatic N) is 3. The van der Waals surface area contributed by atoms with Gasteiger partial charge in [0.25, 0.3) is 0 Å². The SMILES string of the molecule is CCNCc1cnc(N2CCCCCCC2)nc1C. The fourth-order valence-corrected chi connectivity index (χ4v) is 2.51. The molecule has 0 amide bonds. The van der Waals surface area contributed by atoms with Crippen LogP contribution in [0.15, 0.2) is 6.20 Å². The Morgan fingerprint density at radius 1 is 1.16 bits per heavy atom. The normalized spacial score (nSPS) is 17.1. The monoisotopic (exact) mass is 262 g/mol. The summed E-state index contributed by atoms with van der Waals surface area (Å²) in [5.41, 5.74) is 2.31. The van der Waals surface area contributed by atoms with E-state index >= 15 is 0 Å². The fourth-order valence-electron chi connectivity index (χ4n) is 2.51. The molecular weight excluding hydrogens is 236 g/mol. The second kappa shape index (κ2) is 7.43. The molecule has 0 aliphatic carbocycles. The van der Waals surface area contributed by atoms with Crippen molar-refractivity contribution in [2.75, 3.05) is 24.5 Å². The van der Waals surface area contributed by atoms with Gasteiger partial charge in [-0.2, -0.15) is 0 Å². The third-order valence-electron chi connectivity index (χ3n) is 3.77. The first kappa shape index (κ1) is 14.3. The summed E-state index contributed by atoms with van der Waals surface area (Å²) in [7, 11) is 0. The Morgan fingerprint density at radius 2 is 1.84 bits per heavy atom. The number of aryl methyl sites for hydroxylation is 1. The maximum absolute atomic E-state index is 4.70. The van der Waals surface area contributed by atoms with E-state index < -0.39 is 0 Å². The average molecular weight is 262 g/mol. The molecule has 0 unspecified atom stereocenters. The van der Waals surface area contributed by atoms with Crippen molar-refractivity contribution in [2.45, 2.75) is 52.5 Å². The van der Waals surface area contributed by atoms with Gasteiger partial charge in [0.15, 0.2) is 0 Å². The first-order valence-electron chi connectivity index (χ1n) is 7.59. The lowest BCUT2D eigenvalue weighted by Gasteiger charge is -2.25. The van der Waals surface area contributed by atoms with Crippen molar-refractivity contribution < 1.29 is 0 Å². The van der Waals surface area contributed by atoms with Crippen LogP contribution in [0.25, 0.3) is 0 Å². The van der Waals surface area contributed by atoms with E-state index in [0.29, 0.717) is 0 Å². The summed E-state index contributed by atoms with van der Waals surface area (Å²) < 4.78 is 0. The Morgan fingerprint density at radius 3 is 2.47 bits per heavy atom. The Labute approximate surface area is 116 Å². The van der Waals surface area contributed by atoms with Crippen molar-refractivity contribution in [2.24, 2.45) is 0 Å². The molecule has 1 aromatic heterocycles. The summed E-state index contributed by atoms with van der Waals surface area (Å²) in [6.07, 6.45) is 8.58. The summed E-state index contributed by atoms with van der Waals surface area (Å²) in [5.74, 6) is 0.916. The van der Waals surface area contributed by atoms with Gasteiger partial charge < -0.3 is 10.2 Å². The highest BCUT2D eigenvalue weighted by Gasteiger charge is 2.12. The van der Waals surface area contributed by atoms with Gasteiger partial charge in [-0.05, 0) is 26.3 Å². The topological polar surface area (TPSA) is 41.1 Å². The molecule has 1 aliphatic heterocycles. The van der Waals surface area contributed by atoms with Crippen molar-refractivity contribution in [3.63, 3.8) is 0 Å². The van der Waals surface area contributed by atoms with Gasteiger partial charge >= 0.3 is 0 Å². The largest absolute Gasteiger partial charge is 0.341 e. The molecule has 1 saturated heterocycles. The summed E-state index contributed by atoms with van der Waals surface area (Å²) in [6.45, 7) is 8.25. The van der Waals surface area contributed by atoms with Crippen molar-refractivity contribution in [3.05, 3.63) is 17.5 Å². The van der Waals surface area contributed by atoms with Crippen LogP contribution in [0.1, 0.15) is 50.3 Å². The number of hydrogen-bond acceptors (Lipinski definition) is 4. The third-order valence-corrected chi connectivity index (χ3v) is 3.77. The maximum Gasteiger partial charge on any atom is 0.225 e. The molecule has 2 heterocycles. The van der Waals surface area contributed by atoms with Crippen LogP contribution in [-0.2, 0) is 6.54 Å². The lowest BCUT2D eigenvalue weighted by Crippen LogP contribution is -2.29. The van der Waals surface area contributed by atoms with Gasteiger partial charge in [0.2, 0.25) is 5.95 Å². The summed E-state index contributed by atoms with van der Waals surface area (Å²) in [5, 5.41) is 3.33.